The fourth-order valence-corrected chi connectivity index (χ4v) is 1.35. The van der Waals surface area contributed by atoms with E-state index in [-0.39, 0.29) is 12.6 Å². The summed E-state index contributed by atoms with van der Waals surface area (Å²) in [5.74, 6) is -1.09. The van der Waals surface area contributed by atoms with E-state index in [1.54, 1.807) is 0 Å². The zero-order valence-corrected chi connectivity index (χ0v) is 6.67. The maximum absolute atomic E-state index is 11.9. The lowest BCUT2D eigenvalue weighted by atomic mass is 10.1. The van der Waals surface area contributed by atoms with Crippen LogP contribution in [0.4, 0.5) is 8.78 Å². The maximum Gasteiger partial charge on any atom is 0.315 e. The fourth-order valence-electron chi connectivity index (χ4n) is 1.35. The number of hydrogen-bond donors (Lipinski definition) is 1. The zero-order valence-electron chi connectivity index (χ0n) is 6.67. The third kappa shape index (κ3) is 2.14. The van der Waals surface area contributed by atoms with Crippen molar-refractivity contribution in [2.75, 3.05) is 13.1 Å². The third-order valence-corrected chi connectivity index (χ3v) is 1.96. The highest BCUT2D eigenvalue weighted by Crippen LogP contribution is 2.10. The quantitative estimate of drug-likeness (QED) is 0.623. The zero-order chi connectivity index (χ0) is 9.14. The highest BCUT2D eigenvalue weighted by molar-refractivity contribution is 5.79. The number of nitrogens with two attached hydrogens (primary N) is 1. The highest BCUT2D eigenvalue weighted by Gasteiger charge is 2.26. The molecule has 12 heavy (non-hydrogen) atoms. The molecule has 0 saturated carbocycles. The van der Waals surface area contributed by atoms with Gasteiger partial charge in [-0.05, 0) is 12.8 Å². The summed E-state index contributed by atoms with van der Waals surface area (Å²) in [5, 5.41) is 0. The molecule has 1 amide bonds. The van der Waals surface area contributed by atoms with Crippen molar-refractivity contribution in [3.63, 3.8) is 0 Å². The van der Waals surface area contributed by atoms with Gasteiger partial charge in [0.25, 0.3) is 5.91 Å². The molecule has 0 aliphatic carbocycles. The van der Waals surface area contributed by atoms with Gasteiger partial charge in [-0.1, -0.05) is 0 Å². The van der Waals surface area contributed by atoms with E-state index in [0.29, 0.717) is 6.54 Å². The van der Waals surface area contributed by atoms with E-state index in [9.17, 15) is 13.6 Å². The van der Waals surface area contributed by atoms with Crippen molar-refractivity contribution in [2.24, 2.45) is 5.73 Å². The molecule has 0 aromatic heterocycles. The summed E-state index contributed by atoms with van der Waals surface area (Å²) >= 11 is 0. The molecular weight excluding hydrogens is 166 g/mol. The SMILES string of the molecule is NC1CCCN(C(=O)C(F)F)C1. The smallest absolute Gasteiger partial charge is 0.315 e. The van der Waals surface area contributed by atoms with Crippen molar-refractivity contribution in [3.05, 3.63) is 0 Å². The van der Waals surface area contributed by atoms with E-state index in [4.69, 9.17) is 5.73 Å². The van der Waals surface area contributed by atoms with Crippen LogP contribution in [-0.4, -0.2) is 36.4 Å². The van der Waals surface area contributed by atoms with E-state index in [2.05, 4.69) is 0 Å². The summed E-state index contributed by atoms with van der Waals surface area (Å²) in [5.41, 5.74) is 5.52. The lowest BCUT2D eigenvalue weighted by molar-refractivity contribution is -0.144. The third-order valence-electron chi connectivity index (χ3n) is 1.96. The first-order chi connectivity index (χ1) is 5.61. The number of nitrogens with zero attached hydrogens (tertiary/aromatic N) is 1. The number of hydrogen-bond acceptors (Lipinski definition) is 2. The Labute approximate surface area is 69.5 Å². The summed E-state index contributed by atoms with van der Waals surface area (Å²) in [4.78, 5) is 11.9. The second-order valence-electron chi connectivity index (χ2n) is 2.99. The summed E-state index contributed by atoms with van der Waals surface area (Å²) in [6.07, 6.45) is -1.36. The molecule has 5 heteroatoms. The largest absolute Gasteiger partial charge is 0.336 e. The standard InChI is InChI=1S/C7H12F2N2O/c8-6(9)7(12)11-3-1-2-5(10)4-11/h5-6H,1-4,10H2. The van der Waals surface area contributed by atoms with Crippen LogP contribution in [0.1, 0.15) is 12.8 Å². The number of halogens is 2. The Morgan fingerprint density at radius 3 is 2.75 bits per heavy atom. The lowest BCUT2D eigenvalue weighted by Gasteiger charge is -2.30. The predicted octanol–water partition coefficient (Wildman–Crippen LogP) is 0.201. The fraction of sp³-hybridized carbons (Fsp3) is 0.857. The summed E-state index contributed by atoms with van der Waals surface area (Å²) < 4.78 is 23.8. The van der Waals surface area contributed by atoms with E-state index in [1.165, 1.54) is 0 Å². The average Bonchev–Trinajstić information content (AvgIpc) is 2.03. The molecule has 0 spiro atoms. The first kappa shape index (κ1) is 9.38. The molecule has 1 heterocycles. The van der Waals surface area contributed by atoms with Crippen LogP contribution < -0.4 is 5.73 Å². The predicted molar refractivity (Wildman–Crippen MR) is 39.8 cm³/mol. The molecule has 0 bridgehead atoms. The Hall–Kier alpha value is -0.710. The normalized spacial score (nSPS) is 24.7. The van der Waals surface area contributed by atoms with Gasteiger partial charge in [-0.2, -0.15) is 8.78 Å². The molecule has 1 unspecified atom stereocenters. The first-order valence-corrected chi connectivity index (χ1v) is 3.94. The van der Waals surface area contributed by atoms with Gasteiger partial charge >= 0.3 is 6.43 Å². The van der Waals surface area contributed by atoms with Crippen LogP contribution >= 0.6 is 0 Å². The van der Waals surface area contributed by atoms with Gasteiger partial charge in [-0.3, -0.25) is 4.79 Å². The molecule has 1 fully saturated rings. The van der Waals surface area contributed by atoms with Gasteiger partial charge in [0.15, 0.2) is 0 Å². The van der Waals surface area contributed by atoms with Crippen LogP contribution in [0, 0.1) is 0 Å². The summed E-state index contributed by atoms with van der Waals surface area (Å²) in [6.45, 7) is 0.681. The van der Waals surface area contributed by atoms with Crippen molar-refractivity contribution < 1.29 is 13.6 Å². The second-order valence-corrected chi connectivity index (χ2v) is 2.99. The summed E-state index contributed by atoms with van der Waals surface area (Å²) in [7, 11) is 0. The monoisotopic (exact) mass is 178 g/mol. The van der Waals surface area contributed by atoms with Crippen LogP contribution in [0.3, 0.4) is 0 Å². The maximum atomic E-state index is 11.9. The number of carbonyl (C=O) groups excluding carboxylic acids is 1. The topological polar surface area (TPSA) is 46.3 Å². The molecule has 1 saturated heterocycles. The van der Waals surface area contributed by atoms with Gasteiger partial charge in [0.2, 0.25) is 0 Å². The van der Waals surface area contributed by atoms with Crippen molar-refractivity contribution in [1.82, 2.24) is 4.90 Å². The minimum atomic E-state index is -2.89. The molecule has 3 nitrogen and oxygen atoms in total. The molecule has 2 N–H and O–H groups in total. The van der Waals surface area contributed by atoms with Gasteiger partial charge in [0.05, 0.1) is 0 Å². The first-order valence-electron chi connectivity index (χ1n) is 3.94. The number of piperidine rings is 1. The van der Waals surface area contributed by atoms with Crippen LogP contribution in [0.2, 0.25) is 0 Å². The second kappa shape index (κ2) is 3.80. The van der Waals surface area contributed by atoms with E-state index in [0.717, 1.165) is 17.7 Å². The summed E-state index contributed by atoms with van der Waals surface area (Å²) in [6, 6.07) is -0.138. The van der Waals surface area contributed by atoms with Crippen molar-refractivity contribution in [2.45, 2.75) is 25.3 Å². The number of carbonyl (C=O) groups is 1. The Kier molecular flexibility index (Phi) is 2.97. The Morgan fingerprint density at radius 2 is 2.25 bits per heavy atom. The van der Waals surface area contributed by atoms with E-state index >= 15 is 0 Å². The van der Waals surface area contributed by atoms with Gasteiger partial charge in [0, 0.05) is 19.1 Å². The van der Waals surface area contributed by atoms with Gasteiger partial charge in [-0.15, -0.1) is 0 Å². The molecule has 0 aromatic carbocycles. The molecule has 1 aliphatic heterocycles. The molecule has 0 radical (unpaired) electrons. The molecule has 1 rings (SSSR count). The van der Waals surface area contributed by atoms with Gasteiger partial charge in [0.1, 0.15) is 0 Å². The molecule has 0 aromatic rings. The molecule has 70 valence electrons. The van der Waals surface area contributed by atoms with Gasteiger partial charge < -0.3 is 10.6 Å². The van der Waals surface area contributed by atoms with Crippen molar-refractivity contribution >= 4 is 5.91 Å². The van der Waals surface area contributed by atoms with E-state index < -0.39 is 12.3 Å². The average molecular weight is 178 g/mol. The van der Waals surface area contributed by atoms with Crippen LogP contribution in [0.5, 0.6) is 0 Å². The van der Waals surface area contributed by atoms with Crippen molar-refractivity contribution in [1.29, 1.82) is 0 Å². The minimum absolute atomic E-state index is 0.138. The lowest BCUT2D eigenvalue weighted by Crippen LogP contribution is -2.47. The van der Waals surface area contributed by atoms with E-state index in [1.807, 2.05) is 0 Å². The number of amides is 1. The Bertz CT molecular complexity index is 175. The van der Waals surface area contributed by atoms with Gasteiger partial charge in [-0.25, -0.2) is 0 Å². The van der Waals surface area contributed by atoms with Crippen LogP contribution in [-0.2, 0) is 4.79 Å². The molecule has 1 atom stereocenters. The Morgan fingerprint density at radius 1 is 1.58 bits per heavy atom. The molecule has 1 aliphatic rings. The molecular formula is C7H12F2N2O. The van der Waals surface area contributed by atoms with Crippen LogP contribution in [0.15, 0.2) is 0 Å². The van der Waals surface area contributed by atoms with Crippen LogP contribution in [0.25, 0.3) is 0 Å². The minimum Gasteiger partial charge on any atom is -0.336 e. The highest BCUT2D eigenvalue weighted by atomic mass is 19.3. The Balaban J connectivity index is 2.46. The number of likely N-dealkylation sites (tertiary alicyclic amines) is 1. The number of rotatable bonds is 1. The van der Waals surface area contributed by atoms with Crippen molar-refractivity contribution in [3.8, 4) is 0 Å². The number of alkyl halides is 2.